The monoisotopic (exact) mass is 408 g/mol. The molecule has 2 aromatic carbocycles. The molecule has 0 unspecified atom stereocenters. The maximum absolute atomic E-state index is 12.1. The number of esters is 1. The Morgan fingerprint density at radius 1 is 1.10 bits per heavy atom. The van der Waals surface area contributed by atoms with Crippen molar-refractivity contribution in [1.29, 1.82) is 0 Å². The van der Waals surface area contributed by atoms with Crippen LogP contribution in [0.3, 0.4) is 0 Å². The van der Waals surface area contributed by atoms with Crippen molar-refractivity contribution in [3.05, 3.63) is 70.7 Å². The number of hydrogen-bond acceptors (Lipinski definition) is 5. The summed E-state index contributed by atoms with van der Waals surface area (Å²) >= 11 is 1.49. The van der Waals surface area contributed by atoms with Gasteiger partial charge in [-0.1, -0.05) is 56.3 Å². The van der Waals surface area contributed by atoms with E-state index < -0.39 is 5.97 Å². The summed E-state index contributed by atoms with van der Waals surface area (Å²) in [6, 6.07) is 15.7. The van der Waals surface area contributed by atoms with Crippen molar-refractivity contribution in [2.75, 3.05) is 11.9 Å². The lowest BCUT2D eigenvalue weighted by Gasteiger charge is -2.08. The minimum Gasteiger partial charge on any atom is -0.455 e. The summed E-state index contributed by atoms with van der Waals surface area (Å²) in [6.07, 6.45) is 0.0399. The van der Waals surface area contributed by atoms with Gasteiger partial charge in [0.15, 0.2) is 6.61 Å². The van der Waals surface area contributed by atoms with Crippen molar-refractivity contribution in [1.82, 2.24) is 4.98 Å². The van der Waals surface area contributed by atoms with Gasteiger partial charge in [0.05, 0.1) is 12.1 Å². The molecule has 0 radical (unpaired) electrons. The number of ether oxygens (including phenoxy) is 1. The Morgan fingerprint density at radius 2 is 1.83 bits per heavy atom. The number of aromatic nitrogens is 1. The topological polar surface area (TPSA) is 68.3 Å². The molecule has 29 heavy (non-hydrogen) atoms. The molecule has 0 bridgehead atoms. The predicted molar refractivity (Wildman–Crippen MR) is 116 cm³/mol. The second kappa shape index (κ2) is 9.47. The van der Waals surface area contributed by atoms with E-state index in [1.165, 1.54) is 16.9 Å². The molecule has 6 heteroatoms. The third-order valence-corrected chi connectivity index (χ3v) is 5.43. The molecule has 0 spiro atoms. The summed E-state index contributed by atoms with van der Waals surface area (Å²) in [5.74, 6) is -0.359. The van der Waals surface area contributed by atoms with Gasteiger partial charge < -0.3 is 10.1 Å². The lowest BCUT2D eigenvalue weighted by Crippen LogP contribution is -2.22. The van der Waals surface area contributed by atoms with Crippen LogP contribution in [0.2, 0.25) is 0 Å². The normalized spacial score (nSPS) is 10.8. The number of rotatable bonds is 7. The highest BCUT2D eigenvalue weighted by molar-refractivity contribution is 7.13. The number of thiazole rings is 1. The van der Waals surface area contributed by atoms with E-state index in [1.807, 2.05) is 42.6 Å². The lowest BCUT2D eigenvalue weighted by atomic mass is 10.0. The smallest absolute Gasteiger partial charge is 0.312 e. The molecule has 3 aromatic rings. The van der Waals surface area contributed by atoms with Crippen LogP contribution in [0, 0.1) is 6.92 Å². The molecule has 150 valence electrons. The zero-order valence-electron chi connectivity index (χ0n) is 16.8. The molecule has 1 aromatic heterocycles. The number of nitrogens with zero attached hydrogens (tertiary/aromatic N) is 1. The van der Waals surface area contributed by atoms with Crippen LogP contribution in [0.4, 0.5) is 5.69 Å². The van der Waals surface area contributed by atoms with Crippen molar-refractivity contribution in [2.45, 2.75) is 33.1 Å². The Morgan fingerprint density at radius 3 is 2.52 bits per heavy atom. The molecular formula is C23H24N2O3S. The van der Waals surface area contributed by atoms with Crippen molar-refractivity contribution < 1.29 is 14.3 Å². The first-order chi connectivity index (χ1) is 13.9. The summed E-state index contributed by atoms with van der Waals surface area (Å²) in [6.45, 7) is 5.89. The summed E-state index contributed by atoms with van der Waals surface area (Å²) in [4.78, 5) is 28.6. The Hall–Kier alpha value is -2.99. The Balaban J connectivity index is 1.51. The molecule has 0 atom stereocenters. The van der Waals surface area contributed by atoms with Gasteiger partial charge in [-0.05, 0) is 30.0 Å². The lowest BCUT2D eigenvalue weighted by molar-refractivity contribution is -0.146. The summed E-state index contributed by atoms with van der Waals surface area (Å²) < 4.78 is 5.09. The fourth-order valence-corrected chi connectivity index (χ4v) is 3.60. The van der Waals surface area contributed by atoms with Crippen molar-refractivity contribution >= 4 is 28.9 Å². The van der Waals surface area contributed by atoms with Crippen LogP contribution >= 0.6 is 11.3 Å². The van der Waals surface area contributed by atoms with Crippen molar-refractivity contribution in [2.24, 2.45) is 0 Å². The van der Waals surface area contributed by atoms with Crippen LogP contribution in [0.15, 0.2) is 53.9 Å². The minimum atomic E-state index is -0.475. The largest absolute Gasteiger partial charge is 0.455 e. The zero-order chi connectivity index (χ0) is 20.8. The second-order valence-electron chi connectivity index (χ2n) is 7.12. The highest BCUT2D eigenvalue weighted by atomic mass is 32.1. The molecule has 0 aliphatic rings. The first-order valence-corrected chi connectivity index (χ1v) is 10.4. The average molecular weight is 409 g/mol. The van der Waals surface area contributed by atoms with E-state index in [-0.39, 0.29) is 18.9 Å². The van der Waals surface area contributed by atoms with Gasteiger partial charge in [0, 0.05) is 16.6 Å². The molecule has 3 rings (SSSR count). The Bertz CT molecular complexity index is 993. The SMILES string of the molecule is Cc1ccccc1NC(=O)COC(=O)Cc1csc(-c2ccc(C(C)C)cc2)n1. The first-order valence-electron chi connectivity index (χ1n) is 9.48. The standard InChI is InChI=1S/C23H24N2O3S/c1-15(2)17-8-10-18(11-9-17)23-24-19(14-29-23)12-22(27)28-13-21(26)25-20-7-5-4-6-16(20)3/h4-11,14-15H,12-13H2,1-3H3,(H,25,26). The maximum Gasteiger partial charge on any atom is 0.312 e. The molecule has 0 aliphatic heterocycles. The van der Waals surface area contributed by atoms with Gasteiger partial charge in [-0.25, -0.2) is 4.98 Å². The van der Waals surface area contributed by atoms with Gasteiger partial charge in [0.1, 0.15) is 5.01 Å². The van der Waals surface area contributed by atoms with Crippen LogP contribution in [-0.4, -0.2) is 23.5 Å². The summed E-state index contributed by atoms with van der Waals surface area (Å²) in [5.41, 5.74) is 4.60. The van der Waals surface area contributed by atoms with Crippen LogP contribution in [0.5, 0.6) is 0 Å². The quantitative estimate of drug-likeness (QED) is 0.561. The zero-order valence-corrected chi connectivity index (χ0v) is 17.6. The number of amides is 1. The number of para-hydroxylation sites is 1. The minimum absolute atomic E-state index is 0.0399. The molecule has 0 saturated carbocycles. The molecule has 0 saturated heterocycles. The van der Waals surface area contributed by atoms with Crippen molar-refractivity contribution in [3.63, 3.8) is 0 Å². The number of aryl methyl sites for hydroxylation is 1. The van der Waals surface area contributed by atoms with E-state index in [0.29, 0.717) is 17.3 Å². The number of carbonyl (C=O) groups excluding carboxylic acids is 2. The second-order valence-corrected chi connectivity index (χ2v) is 7.98. The van der Waals surface area contributed by atoms with E-state index in [1.54, 1.807) is 6.07 Å². The van der Waals surface area contributed by atoms with Gasteiger partial charge in [-0.3, -0.25) is 9.59 Å². The van der Waals surface area contributed by atoms with Crippen LogP contribution in [0.25, 0.3) is 10.6 Å². The third kappa shape index (κ3) is 5.74. The molecular weight excluding hydrogens is 384 g/mol. The fraction of sp³-hybridized carbons (Fsp3) is 0.261. The molecule has 5 nitrogen and oxygen atoms in total. The number of nitrogens with one attached hydrogen (secondary N) is 1. The van der Waals surface area contributed by atoms with Crippen LogP contribution in [-0.2, 0) is 20.7 Å². The third-order valence-electron chi connectivity index (χ3n) is 4.48. The number of carbonyl (C=O) groups is 2. The average Bonchev–Trinajstić information content (AvgIpc) is 3.16. The van der Waals surface area contributed by atoms with Crippen LogP contribution in [0.1, 0.15) is 36.6 Å². The van der Waals surface area contributed by atoms with E-state index in [4.69, 9.17) is 4.74 Å². The number of hydrogen-bond donors (Lipinski definition) is 1. The molecule has 1 N–H and O–H groups in total. The van der Waals surface area contributed by atoms with Crippen LogP contribution < -0.4 is 5.32 Å². The molecule has 0 aliphatic carbocycles. The predicted octanol–water partition coefficient (Wildman–Crippen LogP) is 4.97. The highest BCUT2D eigenvalue weighted by Gasteiger charge is 2.13. The number of benzene rings is 2. The van der Waals surface area contributed by atoms with E-state index in [9.17, 15) is 9.59 Å². The highest BCUT2D eigenvalue weighted by Crippen LogP contribution is 2.26. The molecule has 1 heterocycles. The molecule has 1 amide bonds. The molecule has 0 fully saturated rings. The van der Waals surface area contributed by atoms with Gasteiger partial charge in [-0.15, -0.1) is 11.3 Å². The van der Waals surface area contributed by atoms with Crippen molar-refractivity contribution in [3.8, 4) is 10.6 Å². The van der Waals surface area contributed by atoms with Gasteiger partial charge in [0.2, 0.25) is 0 Å². The summed E-state index contributed by atoms with van der Waals surface area (Å²) in [5, 5.41) is 5.45. The Labute approximate surface area is 174 Å². The van der Waals surface area contributed by atoms with E-state index in [0.717, 1.165) is 16.1 Å². The van der Waals surface area contributed by atoms with E-state index >= 15 is 0 Å². The summed E-state index contributed by atoms with van der Waals surface area (Å²) in [7, 11) is 0. The Kier molecular flexibility index (Phi) is 6.77. The van der Waals surface area contributed by atoms with Gasteiger partial charge in [0.25, 0.3) is 5.91 Å². The first kappa shape index (κ1) is 20.7. The number of anilines is 1. The van der Waals surface area contributed by atoms with Gasteiger partial charge in [-0.2, -0.15) is 0 Å². The van der Waals surface area contributed by atoms with Gasteiger partial charge >= 0.3 is 5.97 Å². The van der Waals surface area contributed by atoms with E-state index in [2.05, 4.69) is 36.3 Å². The fourth-order valence-electron chi connectivity index (χ4n) is 2.78. The maximum atomic E-state index is 12.1.